The van der Waals surface area contributed by atoms with Gasteiger partial charge in [-0.1, -0.05) is 31.0 Å². The van der Waals surface area contributed by atoms with Crippen molar-refractivity contribution in [2.24, 2.45) is 0 Å². The van der Waals surface area contributed by atoms with E-state index in [9.17, 15) is 13.2 Å². The molecule has 1 aliphatic carbocycles. The van der Waals surface area contributed by atoms with Crippen molar-refractivity contribution in [1.82, 2.24) is 15.5 Å². The normalized spacial score (nSPS) is 21.8. The van der Waals surface area contributed by atoms with Gasteiger partial charge in [0, 0.05) is 13.0 Å². The van der Waals surface area contributed by atoms with Gasteiger partial charge in [-0.15, -0.1) is 10.2 Å². The molecule has 1 N–H and O–H groups in total. The molecule has 1 fully saturated rings. The maximum absolute atomic E-state index is 13.3. The van der Waals surface area contributed by atoms with Gasteiger partial charge in [-0.25, -0.2) is 0 Å². The fourth-order valence-corrected chi connectivity index (χ4v) is 3.45. The minimum absolute atomic E-state index is 0.0329. The van der Waals surface area contributed by atoms with Crippen LogP contribution in [0.1, 0.15) is 54.5 Å². The molecule has 3 rings (SSSR count). The molecular weight excluding hydrogens is 319 g/mol. The summed E-state index contributed by atoms with van der Waals surface area (Å²) in [5.41, 5.74) is -0.152. The van der Waals surface area contributed by atoms with Crippen LogP contribution in [-0.2, 0) is 12.7 Å². The monoisotopic (exact) mass is 339 g/mol. The lowest BCUT2D eigenvalue weighted by atomic mass is 9.78. The van der Waals surface area contributed by atoms with Crippen LogP contribution in [0.4, 0.5) is 13.2 Å². The number of benzene rings is 1. The Balaban J connectivity index is 1.80. The second-order valence-corrected chi connectivity index (χ2v) is 6.18. The molecule has 2 aromatic rings. The van der Waals surface area contributed by atoms with E-state index >= 15 is 0 Å². The molecule has 0 unspecified atom stereocenters. The minimum Gasteiger partial charge on any atom is -0.424 e. The molecule has 130 valence electrons. The average molecular weight is 339 g/mol. The number of hydrogen-bond acceptors (Lipinski definition) is 4. The third-order valence-electron chi connectivity index (χ3n) is 4.51. The summed E-state index contributed by atoms with van der Waals surface area (Å²) in [4.78, 5) is 0. The molecule has 1 aromatic heterocycles. The quantitative estimate of drug-likeness (QED) is 0.906. The lowest BCUT2D eigenvalue weighted by molar-refractivity contribution is -0.138. The fourth-order valence-electron chi connectivity index (χ4n) is 3.45. The van der Waals surface area contributed by atoms with Gasteiger partial charge in [0.25, 0.3) is 0 Å². The van der Waals surface area contributed by atoms with Crippen LogP contribution >= 0.6 is 0 Å². The van der Waals surface area contributed by atoms with Gasteiger partial charge in [0.15, 0.2) is 0 Å². The highest BCUT2D eigenvalue weighted by atomic mass is 19.4. The Hall–Kier alpha value is -1.89. The largest absolute Gasteiger partial charge is 0.424 e. The molecule has 24 heavy (non-hydrogen) atoms. The zero-order valence-corrected chi connectivity index (χ0v) is 13.4. The number of nitrogens with zero attached hydrogens (tertiary/aromatic N) is 2. The van der Waals surface area contributed by atoms with Crippen molar-refractivity contribution in [3.05, 3.63) is 47.2 Å². The van der Waals surface area contributed by atoms with Crippen molar-refractivity contribution >= 4 is 0 Å². The van der Waals surface area contributed by atoms with E-state index in [2.05, 4.69) is 15.5 Å². The van der Waals surface area contributed by atoms with E-state index in [1.807, 2.05) is 0 Å². The van der Waals surface area contributed by atoms with Gasteiger partial charge in [0.1, 0.15) is 0 Å². The number of alkyl halides is 3. The molecule has 0 amide bonds. The number of nitrogens with one attached hydrogen (secondary N) is 1. The minimum atomic E-state index is -4.33. The first-order valence-corrected chi connectivity index (χ1v) is 8.13. The predicted octanol–water partition coefficient (Wildman–Crippen LogP) is 4.21. The number of hydrogen-bond donors (Lipinski definition) is 1. The van der Waals surface area contributed by atoms with E-state index in [4.69, 9.17) is 4.42 Å². The first-order valence-electron chi connectivity index (χ1n) is 8.13. The molecule has 0 spiro atoms. The topological polar surface area (TPSA) is 51.0 Å². The van der Waals surface area contributed by atoms with Gasteiger partial charge in [0.05, 0.1) is 12.1 Å². The lowest BCUT2D eigenvalue weighted by Gasteiger charge is -2.34. The summed E-state index contributed by atoms with van der Waals surface area (Å²) in [7, 11) is 0. The van der Waals surface area contributed by atoms with Gasteiger partial charge in [0.2, 0.25) is 11.8 Å². The molecule has 0 aliphatic heterocycles. The summed E-state index contributed by atoms with van der Waals surface area (Å²) in [6, 6.07) is 5.86. The molecule has 1 saturated carbocycles. The molecule has 1 heterocycles. The van der Waals surface area contributed by atoms with Gasteiger partial charge >= 0.3 is 6.18 Å². The molecule has 0 radical (unpaired) electrons. The highest BCUT2D eigenvalue weighted by Crippen LogP contribution is 2.40. The molecular formula is C17H20F3N3O. The Morgan fingerprint density at radius 1 is 1.17 bits per heavy atom. The summed E-state index contributed by atoms with van der Waals surface area (Å²) < 4.78 is 45.3. The highest BCUT2D eigenvalue weighted by molar-refractivity contribution is 5.34. The first kappa shape index (κ1) is 17.0. The molecule has 7 heteroatoms. The SMILES string of the molecule is Cc1nnc(CN[C@H]2CCCC[C@H]2c2ccccc2C(F)(F)F)o1. The van der Waals surface area contributed by atoms with Crippen LogP contribution in [0, 0.1) is 6.92 Å². The summed E-state index contributed by atoms with van der Waals surface area (Å²) in [5.74, 6) is 0.774. The van der Waals surface area contributed by atoms with Gasteiger partial charge in [-0.2, -0.15) is 13.2 Å². The third-order valence-corrected chi connectivity index (χ3v) is 4.51. The average Bonchev–Trinajstić information content (AvgIpc) is 2.98. The zero-order valence-electron chi connectivity index (χ0n) is 13.4. The Kier molecular flexibility index (Phi) is 4.89. The Morgan fingerprint density at radius 2 is 1.92 bits per heavy atom. The number of halogens is 3. The van der Waals surface area contributed by atoms with E-state index in [-0.39, 0.29) is 12.0 Å². The summed E-state index contributed by atoms with van der Waals surface area (Å²) in [6.45, 7) is 2.08. The smallest absolute Gasteiger partial charge is 0.416 e. The van der Waals surface area contributed by atoms with Crippen LogP contribution in [0.15, 0.2) is 28.7 Å². The Bertz CT molecular complexity index is 684. The molecule has 4 nitrogen and oxygen atoms in total. The van der Waals surface area contributed by atoms with Crippen LogP contribution in [0.3, 0.4) is 0 Å². The van der Waals surface area contributed by atoms with Crippen LogP contribution in [0.25, 0.3) is 0 Å². The van der Waals surface area contributed by atoms with Crippen molar-refractivity contribution in [2.45, 2.75) is 57.3 Å². The van der Waals surface area contributed by atoms with Crippen molar-refractivity contribution in [1.29, 1.82) is 0 Å². The van der Waals surface area contributed by atoms with Crippen LogP contribution in [0.2, 0.25) is 0 Å². The maximum Gasteiger partial charge on any atom is 0.416 e. The van der Waals surface area contributed by atoms with E-state index in [0.717, 1.165) is 25.7 Å². The van der Waals surface area contributed by atoms with E-state index in [1.54, 1.807) is 19.1 Å². The van der Waals surface area contributed by atoms with E-state index in [1.165, 1.54) is 12.1 Å². The highest BCUT2D eigenvalue weighted by Gasteiger charge is 2.37. The van der Waals surface area contributed by atoms with E-state index < -0.39 is 11.7 Å². The number of rotatable bonds is 4. The van der Waals surface area contributed by atoms with Crippen molar-refractivity contribution in [3.8, 4) is 0 Å². The Labute approximate surface area is 138 Å². The standard InChI is InChI=1S/C17H20F3N3O/c1-11-22-23-16(24-11)10-21-15-9-5-3-7-13(15)12-6-2-4-8-14(12)17(18,19)20/h2,4,6,8,13,15,21H,3,5,7,9-10H2,1H3/t13-,15-/m0/s1. The van der Waals surface area contributed by atoms with Crippen LogP contribution in [0.5, 0.6) is 0 Å². The lowest BCUT2D eigenvalue weighted by Crippen LogP contribution is -2.37. The van der Waals surface area contributed by atoms with Crippen molar-refractivity contribution in [2.75, 3.05) is 0 Å². The Morgan fingerprint density at radius 3 is 2.62 bits per heavy atom. The predicted molar refractivity (Wildman–Crippen MR) is 82.3 cm³/mol. The second kappa shape index (κ2) is 6.93. The molecule has 2 atom stereocenters. The zero-order chi connectivity index (χ0) is 17.2. The van der Waals surface area contributed by atoms with Crippen molar-refractivity contribution < 1.29 is 17.6 Å². The van der Waals surface area contributed by atoms with E-state index in [0.29, 0.717) is 23.9 Å². The molecule has 0 saturated heterocycles. The molecule has 1 aromatic carbocycles. The summed E-state index contributed by atoms with van der Waals surface area (Å²) in [6.07, 6.45) is -0.806. The second-order valence-electron chi connectivity index (χ2n) is 6.18. The van der Waals surface area contributed by atoms with Crippen LogP contribution < -0.4 is 5.32 Å². The maximum atomic E-state index is 13.3. The number of aryl methyl sites for hydroxylation is 1. The third kappa shape index (κ3) is 3.77. The van der Waals surface area contributed by atoms with Gasteiger partial charge in [-0.05, 0) is 30.4 Å². The van der Waals surface area contributed by atoms with Crippen molar-refractivity contribution in [3.63, 3.8) is 0 Å². The summed E-state index contributed by atoms with van der Waals surface area (Å²) in [5, 5.41) is 11.0. The van der Waals surface area contributed by atoms with Gasteiger partial charge < -0.3 is 9.73 Å². The molecule has 0 bridgehead atoms. The number of aromatic nitrogens is 2. The first-order chi connectivity index (χ1) is 11.4. The summed E-state index contributed by atoms with van der Waals surface area (Å²) >= 11 is 0. The molecule has 1 aliphatic rings. The van der Waals surface area contributed by atoms with Gasteiger partial charge in [-0.3, -0.25) is 0 Å². The fraction of sp³-hybridized carbons (Fsp3) is 0.529. The van der Waals surface area contributed by atoms with Crippen LogP contribution in [-0.4, -0.2) is 16.2 Å².